The number of piperazine rings is 1. The Morgan fingerprint density at radius 1 is 1.13 bits per heavy atom. The molecule has 0 unspecified atom stereocenters. The molecular formula is C24H26N4O2. The molecule has 0 aliphatic carbocycles. The molecular weight excluding hydrogens is 376 g/mol. The van der Waals surface area contributed by atoms with Crippen LogP contribution in [0.2, 0.25) is 0 Å². The average molecular weight is 402 g/mol. The van der Waals surface area contributed by atoms with Crippen molar-refractivity contribution < 1.29 is 9.53 Å². The number of pyridine rings is 1. The highest BCUT2D eigenvalue weighted by atomic mass is 16.5. The Kier molecular flexibility index (Phi) is 6.25. The molecule has 0 saturated carbocycles. The predicted molar refractivity (Wildman–Crippen MR) is 119 cm³/mol. The average Bonchev–Trinajstić information content (AvgIpc) is 2.81. The van der Waals surface area contributed by atoms with Crippen LogP contribution in [0.4, 0.5) is 11.5 Å². The molecule has 0 spiro atoms. The Hall–Kier alpha value is -3.38. The van der Waals surface area contributed by atoms with Gasteiger partial charge in [0.25, 0.3) is 5.91 Å². The van der Waals surface area contributed by atoms with Gasteiger partial charge in [0.15, 0.2) is 0 Å². The second kappa shape index (κ2) is 9.41. The third-order valence-electron chi connectivity index (χ3n) is 5.13. The van der Waals surface area contributed by atoms with Gasteiger partial charge in [0, 0.05) is 37.6 Å². The molecule has 6 nitrogen and oxygen atoms in total. The van der Waals surface area contributed by atoms with Gasteiger partial charge in [-0.25, -0.2) is 4.98 Å². The van der Waals surface area contributed by atoms with Crippen LogP contribution in [-0.4, -0.2) is 37.1 Å². The van der Waals surface area contributed by atoms with Gasteiger partial charge in [-0.05, 0) is 48.9 Å². The minimum atomic E-state index is -0.180. The van der Waals surface area contributed by atoms with E-state index in [0.29, 0.717) is 12.2 Å². The number of anilines is 2. The molecule has 3 aromatic rings. The topological polar surface area (TPSA) is 66.5 Å². The molecule has 0 radical (unpaired) electrons. The van der Waals surface area contributed by atoms with Crippen molar-refractivity contribution in [3.63, 3.8) is 0 Å². The van der Waals surface area contributed by atoms with E-state index in [2.05, 4.69) is 44.8 Å². The van der Waals surface area contributed by atoms with Gasteiger partial charge in [0.2, 0.25) is 0 Å². The molecule has 6 heteroatoms. The van der Waals surface area contributed by atoms with Crippen molar-refractivity contribution in [1.82, 2.24) is 10.3 Å². The van der Waals surface area contributed by atoms with E-state index in [0.717, 1.165) is 36.9 Å². The van der Waals surface area contributed by atoms with Gasteiger partial charge in [0.05, 0.1) is 12.2 Å². The second-order valence-electron chi connectivity index (χ2n) is 7.18. The normalized spacial score (nSPS) is 16.2. The Morgan fingerprint density at radius 3 is 2.63 bits per heavy atom. The molecule has 2 N–H and O–H groups in total. The molecule has 1 aliphatic heterocycles. The van der Waals surface area contributed by atoms with Crippen LogP contribution >= 0.6 is 0 Å². The molecule has 2 heterocycles. The van der Waals surface area contributed by atoms with Gasteiger partial charge in [-0.3, -0.25) is 4.79 Å². The van der Waals surface area contributed by atoms with Gasteiger partial charge >= 0.3 is 0 Å². The van der Waals surface area contributed by atoms with E-state index in [4.69, 9.17) is 4.74 Å². The van der Waals surface area contributed by atoms with Crippen molar-refractivity contribution in [3.8, 4) is 5.75 Å². The predicted octanol–water partition coefficient (Wildman–Crippen LogP) is 3.88. The standard InChI is InChI=1S/C24H26N4O2/c1-2-30-21-11-9-20(10-12-21)27-24(29)19-8-13-23(26-16-19)28-15-14-25-22(17-28)18-6-4-3-5-7-18/h3-13,16,22,25H,2,14-15,17H2,1H3,(H,27,29)/t22-/m1/s1. The zero-order valence-electron chi connectivity index (χ0n) is 17.0. The van der Waals surface area contributed by atoms with Crippen molar-refractivity contribution in [1.29, 1.82) is 0 Å². The minimum Gasteiger partial charge on any atom is -0.494 e. The lowest BCUT2D eigenvalue weighted by Gasteiger charge is -2.34. The molecule has 0 bridgehead atoms. The molecule has 1 amide bonds. The van der Waals surface area contributed by atoms with Crippen LogP contribution in [0.3, 0.4) is 0 Å². The first kappa shape index (κ1) is 19.9. The monoisotopic (exact) mass is 402 g/mol. The summed E-state index contributed by atoms with van der Waals surface area (Å²) in [7, 11) is 0. The summed E-state index contributed by atoms with van der Waals surface area (Å²) in [6, 6.07) is 21.8. The summed E-state index contributed by atoms with van der Waals surface area (Å²) in [5.41, 5.74) is 2.52. The van der Waals surface area contributed by atoms with E-state index in [-0.39, 0.29) is 11.9 Å². The maximum atomic E-state index is 12.5. The zero-order chi connectivity index (χ0) is 20.8. The highest BCUT2D eigenvalue weighted by molar-refractivity contribution is 6.04. The summed E-state index contributed by atoms with van der Waals surface area (Å²) in [5.74, 6) is 1.49. The summed E-state index contributed by atoms with van der Waals surface area (Å²) in [6.45, 7) is 5.17. The van der Waals surface area contributed by atoms with E-state index in [1.54, 1.807) is 6.20 Å². The molecule has 154 valence electrons. The lowest BCUT2D eigenvalue weighted by atomic mass is 10.0. The Balaban J connectivity index is 1.39. The quantitative estimate of drug-likeness (QED) is 0.655. The van der Waals surface area contributed by atoms with Gasteiger partial charge < -0.3 is 20.3 Å². The highest BCUT2D eigenvalue weighted by Gasteiger charge is 2.21. The zero-order valence-corrected chi connectivity index (χ0v) is 17.0. The summed E-state index contributed by atoms with van der Waals surface area (Å²) >= 11 is 0. The van der Waals surface area contributed by atoms with Crippen LogP contribution in [0.15, 0.2) is 72.9 Å². The van der Waals surface area contributed by atoms with E-state index in [1.165, 1.54) is 5.56 Å². The highest BCUT2D eigenvalue weighted by Crippen LogP contribution is 2.22. The van der Waals surface area contributed by atoms with Crippen molar-refractivity contribution >= 4 is 17.4 Å². The van der Waals surface area contributed by atoms with Gasteiger partial charge in [-0.2, -0.15) is 0 Å². The number of hydrogen-bond acceptors (Lipinski definition) is 5. The molecule has 1 aliphatic rings. The third-order valence-corrected chi connectivity index (χ3v) is 5.13. The van der Waals surface area contributed by atoms with Gasteiger partial charge in [-0.15, -0.1) is 0 Å². The maximum Gasteiger partial charge on any atom is 0.257 e. The summed E-state index contributed by atoms with van der Waals surface area (Å²) < 4.78 is 5.43. The van der Waals surface area contributed by atoms with Crippen LogP contribution < -0.4 is 20.3 Å². The third kappa shape index (κ3) is 4.78. The smallest absolute Gasteiger partial charge is 0.257 e. The van der Waals surface area contributed by atoms with Crippen molar-refractivity contribution in [2.24, 2.45) is 0 Å². The van der Waals surface area contributed by atoms with Crippen molar-refractivity contribution in [2.75, 3.05) is 36.5 Å². The van der Waals surface area contributed by atoms with Crippen LogP contribution in [0.25, 0.3) is 0 Å². The van der Waals surface area contributed by atoms with Crippen LogP contribution in [0.1, 0.15) is 28.9 Å². The molecule has 4 rings (SSSR count). The van der Waals surface area contributed by atoms with Crippen molar-refractivity contribution in [2.45, 2.75) is 13.0 Å². The number of hydrogen-bond donors (Lipinski definition) is 2. The lowest BCUT2D eigenvalue weighted by molar-refractivity contribution is 0.102. The number of carbonyl (C=O) groups is 1. The number of amides is 1. The minimum absolute atomic E-state index is 0.180. The number of nitrogens with zero attached hydrogens (tertiary/aromatic N) is 2. The van der Waals surface area contributed by atoms with Gasteiger partial charge in [-0.1, -0.05) is 30.3 Å². The molecule has 1 fully saturated rings. The van der Waals surface area contributed by atoms with Crippen molar-refractivity contribution in [3.05, 3.63) is 84.1 Å². The second-order valence-corrected chi connectivity index (χ2v) is 7.18. The summed E-state index contributed by atoms with van der Waals surface area (Å²) in [4.78, 5) is 19.3. The van der Waals surface area contributed by atoms with Crippen LogP contribution in [0, 0.1) is 0 Å². The molecule has 1 aromatic heterocycles. The van der Waals surface area contributed by atoms with E-state index in [9.17, 15) is 4.79 Å². The lowest BCUT2D eigenvalue weighted by Crippen LogP contribution is -2.46. The Morgan fingerprint density at radius 2 is 1.93 bits per heavy atom. The first-order valence-corrected chi connectivity index (χ1v) is 10.3. The number of nitrogens with one attached hydrogen (secondary N) is 2. The first-order valence-electron chi connectivity index (χ1n) is 10.3. The number of ether oxygens (including phenoxy) is 1. The van der Waals surface area contributed by atoms with E-state index < -0.39 is 0 Å². The fraction of sp³-hybridized carbons (Fsp3) is 0.250. The summed E-state index contributed by atoms with van der Waals surface area (Å²) in [6.07, 6.45) is 1.64. The first-order chi connectivity index (χ1) is 14.7. The Bertz CT molecular complexity index is 959. The number of rotatable bonds is 6. The fourth-order valence-corrected chi connectivity index (χ4v) is 3.58. The maximum absolute atomic E-state index is 12.5. The van der Waals surface area contributed by atoms with E-state index in [1.807, 2.05) is 49.4 Å². The van der Waals surface area contributed by atoms with Gasteiger partial charge in [0.1, 0.15) is 11.6 Å². The molecule has 1 saturated heterocycles. The largest absolute Gasteiger partial charge is 0.494 e. The number of benzene rings is 2. The van der Waals surface area contributed by atoms with E-state index >= 15 is 0 Å². The molecule has 1 atom stereocenters. The Labute approximate surface area is 176 Å². The number of aromatic nitrogens is 1. The van der Waals surface area contributed by atoms with Crippen LogP contribution in [0.5, 0.6) is 5.75 Å². The number of carbonyl (C=O) groups excluding carboxylic acids is 1. The van der Waals surface area contributed by atoms with Crippen LogP contribution in [-0.2, 0) is 0 Å². The SMILES string of the molecule is CCOc1ccc(NC(=O)c2ccc(N3CCN[C@@H](c4ccccc4)C3)nc2)cc1. The fourth-order valence-electron chi connectivity index (χ4n) is 3.58. The molecule has 2 aromatic carbocycles. The molecule has 30 heavy (non-hydrogen) atoms. The summed E-state index contributed by atoms with van der Waals surface area (Å²) in [5, 5.41) is 6.46.